The standard InChI is InChI=1S/C18H23Cl2N3O.ClH/c1-13(2)17-12-18(24-10-9-22-7-3-4-8-22)21-23(17)14-5-6-15(19)16(20)11-14;/h5-6,11-13H,3-4,7-10H2,1-2H3;1H. The Hall–Kier alpha value is -0.940. The van der Waals surface area contributed by atoms with Gasteiger partial charge in [-0.2, -0.15) is 0 Å². The molecule has 138 valence electrons. The van der Waals surface area contributed by atoms with E-state index in [1.165, 1.54) is 25.9 Å². The minimum Gasteiger partial charge on any atom is -0.475 e. The van der Waals surface area contributed by atoms with Crippen LogP contribution in [0, 0.1) is 0 Å². The Balaban J connectivity index is 0.00000225. The molecule has 0 bridgehead atoms. The lowest BCUT2D eigenvalue weighted by Gasteiger charge is -2.13. The molecule has 3 rings (SSSR count). The van der Waals surface area contributed by atoms with E-state index in [1.807, 2.05) is 22.9 Å². The molecule has 0 spiro atoms. The molecule has 0 radical (unpaired) electrons. The van der Waals surface area contributed by atoms with Crippen LogP contribution in [0.15, 0.2) is 24.3 Å². The first-order chi connectivity index (χ1) is 11.5. The molecule has 2 heterocycles. The molecule has 1 aromatic carbocycles. The number of benzene rings is 1. The average Bonchev–Trinajstić information content (AvgIpc) is 3.20. The van der Waals surface area contributed by atoms with Gasteiger partial charge in [-0.15, -0.1) is 17.5 Å². The number of aromatic nitrogens is 2. The van der Waals surface area contributed by atoms with Crippen LogP contribution in [0.1, 0.15) is 38.3 Å². The average molecular weight is 405 g/mol. The summed E-state index contributed by atoms with van der Waals surface area (Å²) in [5.74, 6) is 0.979. The summed E-state index contributed by atoms with van der Waals surface area (Å²) in [7, 11) is 0. The van der Waals surface area contributed by atoms with Crippen LogP contribution in [0.4, 0.5) is 0 Å². The molecular formula is C18H24Cl3N3O. The number of rotatable bonds is 6. The monoisotopic (exact) mass is 403 g/mol. The maximum atomic E-state index is 6.15. The van der Waals surface area contributed by atoms with Gasteiger partial charge in [0.25, 0.3) is 0 Å². The van der Waals surface area contributed by atoms with Gasteiger partial charge in [0.15, 0.2) is 0 Å². The van der Waals surface area contributed by atoms with Crippen LogP contribution in [0.5, 0.6) is 5.88 Å². The van der Waals surface area contributed by atoms with Crippen molar-refractivity contribution in [2.75, 3.05) is 26.2 Å². The summed E-state index contributed by atoms with van der Waals surface area (Å²) in [4.78, 5) is 2.43. The molecule has 0 atom stereocenters. The van der Waals surface area contributed by atoms with Gasteiger partial charge in [0.05, 0.1) is 21.4 Å². The third kappa shape index (κ3) is 5.04. The van der Waals surface area contributed by atoms with Crippen LogP contribution < -0.4 is 4.74 Å². The second kappa shape index (κ2) is 9.13. The summed E-state index contributed by atoms with van der Waals surface area (Å²) in [5.41, 5.74) is 1.98. The molecule has 1 fully saturated rings. The molecule has 0 N–H and O–H groups in total. The largest absolute Gasteiger partial charge is 0.475 e. The molecule has 7 heteroatoms. The van der Waals surface area contributed by atoms with E-state index in [0.717, 1.165) is 17.9 Å². The molecular weight excluding hydrogens is 381 g/mol. The third-order valence-electron chi connectivity index (χ3n) is 4.31. The predicted molar refractivity (Wildman–Crippen MR) is 106 cm³/mol. The minimum absolute atomic E-state index is 0. The van der Waals surface area contributed by atoms with Gasteiger partial charge in [-0.3, -0.25) is 4.90 Å². The highest BCUT2D eigenvalue weighted by molar-refractivity contribution is 6.42. The number of nitrogens with zero attached hydrogens (tertiary/aromatic N) is 3. The fourth-order valence-corrected chi connectivity index (χ4v) is 3.26. The van der Waals surface area contributed by atoms with Crippen molar-refractivity contribution in [2.45, 2.75) is 32.6 Å². The Morgan fingerprint density at radius 3 is 2.48 bits per heavy atom. The number of ether oxygens (including phenoxy) is 1. The highest BCUT2D eigenvalue weighted by Gasteiger charge is 2.16. The molecule has 1 saturated heterocycles. The lowest BCUT2D eigenvalue weighted by atomic mass is 10.1. The Kier molecular flexibility index (Phi) is 7.44. The second-order valence-electron chi connectivity index (χ2n) is 6.47. The first-order valence-corrected chi connectivity index (χ1v) is 9.20. The zero-order valence-corrected chi connectivity index (χ0v) is 16.9. The predicted octanol–water partition coefficient (Wildman–Crippen LogP) is 5.20. The first kappa shape index (κ1) is 20.4. The Morgan fingerprint density at radius 1 is 1.12 bits per heavy atom. The van der Waals surface area contributed by atoms with Gasteiger partial charge in [0, 0.05) is 12.6 Å². The summed E-state index contributed by atoms with van der Waals surface area (Å²) >= 11 is 12.2. The van der Waals surface area contributed by atoms with Crippen LogP contribution in [0.2, 0.25) is 10.0 Å². The summed E-state index contributed by atoms with van der Waals surface area (Å²) in [6.07, 6.45) is 2.59. The van der Waals surface area contributed by atoms with Crippen molar-refractivity contribution in [3.05, 3.63) is 40.0 Å². The van der Waals surface area contributed by atoms with Crippen molar-refractivity contribution in [3.8, 4) is 11.6 Å². The molecule has 0 unspecified atom stereocenters. The van der Waals surface area contributed by atoms with E-state index in [2.05, 4.69) is 23.8 Å². The van der Waals surface area contributed by atoms with E-state index in [1.54, 1.807) is 6.07 Å². The molecule has 0 aliphatic carbocycles. The Labute approximate surface area is 165 Å². The van der Waals surface area contributed by atoms with Gasteiger partial charge in [-0.05, 0) is 50.0 Å². The smallest absolute Gasteiger partial charge is 0.233 e. The molecule has 1 aliphatic heterocycles. The molecule has 0 saturated carbocycles. The van der Waals surface area contributed by atoms with E-state index < -0.39 is 0 Å². The van der Waals surface area contributed by atoms with E-state index in [0.29, 0.717) is 28.5 Å². The molecule has 1 aromatic heterocycles. The highest BCUT2D eigenvalue weighted by atomic mass is 35.5. The van der Waals surface area contributed by atoms with E-state index in [4.69, 9.17) is 27.9 Å². The summed E-state index contributed by atoms with van der Waals surface area (Å²) < 4.78 is 7.77. The molecule has 0 amide bonds. The molecule has 4 nitrogen and oxygen atoms in total. The van der Waals surface area contributed by atoms with Crippen molar-refractivity contribution in [3.63, 3.8) is 0 Å². The molecule has 2 aromatic rings. The Morgan fingerprint density at radius 2 is 1.84 bits per heavy atom. The van der Waals surface area contributed by atoms with Crippen molar-refractivity contribution in [1.82, 2.24) is 14.7 Å². The van der Waals surface area contributed by atoms with Crippen molar-refractivity contribution in [2.24, 2.45) is 0 Å². The van der Waals surface area contributed by atoms with Crippen molar-refractivity contribution >= 4 is 35.6 Å². The number of likely N-dealkylation sites (tertiary alicyclic amines) is 1. The fraction of sp³-hybridized carbons (Fsp3) is 0.500. The second-order valence-corrected chi connectivity index (χ2v) is 7.28. The van der Waals surface area contributed by atoms with Crippen LogP contribution in [0.25, 0.3) is 5.69 Å². The first-order valence-electron chi connectivity index (χ1n) is 8.45. The minimum atomic E-state index is 0. The maximum absolute atomic E-state index is 6.15. The van der Waals surface area contributed by atoms with Crippen molar-refractivity contribution in [1.29, 1.82) is 0 Å². The van der Waals surface area contributed by atoms with E-state index in [9.17, 15) is 0 Å². The van der Waals surface area contributed by atoms with E-state index in [-0.39, 0.29) is 12.4 Å². The van der Waals surface area contributed by atoms with E-state index >= 15 is 0 Å². The molecule has 25 heavy (non-hydrogen) atoms. The zero-order valence-electron chi connectivity index (χ0n) is 14.5. The van der Waals surface area contributed by atoms with Gasteiger partial charge in [-0.1, -0.05) is 37.0 Å². The molecule has 1 aliphatic rings. The number of hydrogen-bond acceptors (Lipinski definition) is 3. The van der Waals surface area contributed by atoms with Gasteiger partial charge < -0.3 is 4.74 Å². The zero-order chi connectivity index (χ0) is 17.1. The van der Waals surface area contributed by atoms with Gasteiger partial charge >= 0.3 is 0 Å². The summed E-state index contributed by atoms with van der Waals surface area (Å²) in [6.45, 7) is 8.25. The van der Waals surface area contributed by atoms with Crippen LogP contribution in [-0.2, 0) is 0 Å². The lowest BCUT2D eigenvalue weighted by Crippen LogP contribution is -2.25. The van der Waals surface area contributed by atoms with Gasteiger partial charge in [0.1, 0.15) is 6.61 Å². The highest BCUT2D eigenvalue weighted by Crippen LogP contribution is 2.28. The SMILES string of the molecule is CC(C)c1cc(OCCN2CCCC2)nn1-c1ccc(Cl)c(Cl)c1.Cl. The van der Waals surface area contributed by atoms with Crippen molar-refractivity contribution < 1.29 is 4.74 Å². The summed E-state index contributed by atoms with van der Waals surface area (Å²) in [6, 6.07) is 7.55. The maximum Gasteiger partial charge on any atom is 0.233 e. The van der Waals surface area contributed by atoms with Crippen LogP contribution >= 0.6 is 35.6 Å². The van der Waals surface area contributed by atoms with Crippen LogP contribution in [-0.4, -0.2) is 40.9 Å². The quantitative estimate of drug-likeness (QED) is 0.663. The topological polar surface area (TPSA) is 30.3 Å². The normalized spacial score (nSPS) is 14.8. The van der Waals surface area contributed by atoms with Crippen LogP contribution in [0.3, 0.4) is 0 Å². The lowest BCUT2D eigenvalue weighted by molar-refractivity contribution is 0.231. The number of halogens is 3. The summed E-state index contributed by atoms with van der Waals surface area (Å²) in [5, 5.41) is 5.68. The van der Waals surface area contributed by atoms with Gasteiger partial charge in [0.2, 0.25) is 5.88 Å². The van der Waals surface area contributed by atoms with Gasteiger partial charge in [-0.25, -0.2) is 4.68 Å². The number of hydrogen-bond donors (Lipinski definition) is 0. The Bertz CT molecular complexity index is 697. The third-order valence-corrected chi connectivity index (χ3v) is 5.05. The fourth-order valence-electron chi connectivity index (χ4n) is 2.96.